The van der Waals surface area contributed by atoms with Gasteiger partial charge in [-0.05, 0) is 65.4 Å². The molecule has 0 spiro atoms. The summed E-state index contributed by atoms with van der Waals surface area (Å²) in [6.45, 7) is 14.7. The lowest BCUT2D eigenvalue weighted by Crippen LogP contribution is -2.32. The first kappa shape index (κ1) is 24.9. The van der Waals surface area contributed by atoms with Crippen LogP contribution < -0.4 is 4.74 Å². The van der Waals surface area contributed by atoms with Gasteiger partial charge in [-0.25, -0.2) is 0 Å². The average Bonchev–Trinajstić information content (AvgIpc) is 2.96. The summed E-state index contributed by atoms with van der Waals surface area (Å²) in [7, 11) is 0. The SMILES string of the molecule is Cc1ccc(OCCN2C(=O)S/C(=C\c3cc(C(C)(C)C)c(O)c(C(C)(C)C)c3)C2=O)cc1. The number of hydrogen-bond acceptors (Lipinski definition) is 5. The Morgan fingerprint density at radius 2 is 1.52 bits per heavy atom. The Bertz CT molecular complexity index is 1050. The standard InChI is InChI=1S/C27H33NO4S/c1-17-8-10-19(11-9-17)32-13-12-28-24(30)22(33-25(28)31)16-18-14-20(26(2,3)4)23(29)21(15-18)27(5,6)7/h8-11,14-16,29H,12-13H2,1-7H3/b22-16-. The number of aryl methyl sites for hydroxylation is 1. The molecule has 0 bridgehead atoms. The topological polar surface area (TPSA) is 66.8 Å². The fourth-order valence-corrected chi connectivity index (χ4v) is 4.48. The second kappa shape index (κ2) is 9.26. The lowest BCUT2D eigenvalue weighted by atomic mass is 9.78. The van der Waals surface area contributed by atoms with Crippen molar-refractivity contribution >= 4 is 29.0 Å². The van der Waals surface area contributed by atoms with Crippen LogP contribution in [0.1, 0.15) is 63.8 Å². The molecule has 6 heteroatoms. The van der Waals surface area contributed by atoms with Gasteiger partial charge in [0.25, 0.3) is 11.1 Å². The number of phenols is 1. The molecule has 0 saturated carbocycles. The predicted octanol–water partition coefficient (Wildman–Crippen LogP) is 6.41. The lowest BCUT2D eigenvalue weighted by molar-refractivity contribution is -0.123. The molecule has 0 atom stereocenters. The zero-order valence-corrected chi connectivity index (χ0v) is 21.3. The second-order valence-electron chi connectivity index (χ2n) is 10.5. The van der Waals surface area contributed by atoms with Crippen LogP contribution in [0.5, 0.6) is 11.5 Å². The third kappa shape index (κ3) is 5.80. The van der Waals surface area contributed by atoms with Crippen molar-refractivity contribution < 1.29 is 19.4 Å². The van der Waals surface area contributed by atoms with Gasteiger partial charge in [0.05, 0.1) is 11.4 Å². The number of hydrogen-bond donors (Lipinski definition) is 1. The minimum Gasteiger partial charge on any atom is -0.507 e. The molecule has 5 nitrogen and oxygen atoms in total. The quantitative estimate of drug-likeness (QED) is 0.515. The summed E-state index contributed by atoms with van der Waals surface area (Å²) in [5.41, 5.74) is 3.00. The van der Waals surface area contributed by atoms with E-state index in [2.05, 4.69) is 0 Å². The highest BCUT2D eigenvalue weighted by Gasteiger charge is 2.35. The first-order chi connectivity index (χ1) is 15.3. The van der Waals surface area contributed by atoms with Crippen molar-refractivity contribution in [1.29, 1.82) is 0 Å². The number of amides is 2. The van der Waals surface area contributed by atoms with Gasteiger partial charge in [-0.15, -0.1) is 0 Å². The van der Waals surface area contributed by atoms with Crippen LogP contribution in [0, 0.1) is 6.92 Å². The molecule has 33 heavy (non-hydrogen) atoms. The molecule has 176 valence electrons. The minimum atomic E-state index is -0.319. The van der Waals surface area contributed by atoms with Crippen molar-refractivity contribution in [2.45, 2.75) is 59.3 Å². The number of benzene rings is 2. The maximum atomic E-state index is 12.9. The molecule has 0 aromatic heterocycles. The first-order valence-electron chi connectivity index (χ1n) is 11.1. The van der Waals surface area contributed by atoms with Gasteiger partial charge in [-0.2, -0.15) is 0 Å². The number of aromatic hydroxyl groups is 1. The summed E-state index contributed by atoms with van der Waals surface area (Å²) in [6, 6.07) is 11.4. The summed E-state index contributed by atoms with van der Waals surface area (Å²) in [4.78, 5) is 27.1. The van der Waals surface area contributed by atoms with E-state index in [0.29, 0.717) is 10.7 Å². The number of thioether (sulfide) groups is 1. The van der Waals surface area contributed by atoms with Crippen LogP contribution in [0.3, 0.4) is 0 Å². The Labute approximate surface area is 200 Å². The van der Waals surface area contributed by atoms with Crippen molar-refractivity contribution in [3.8, 4) is 11.5 Å². The smallest absolute Gasteiger partial charge is 0.293 e. The minimum absolute atomic E-state index is 0.186. The largest absolute Gasteiger partial charge is 0.507 e. The van der Waals surface area contributed by atoms with Gasteiger partial charge < -0.3 is 9.84 Å². The number of phenolic OH excluding ortho intramolecular Hbond substituents is 1. The Balaban J connectivity index is 1.82. The van der Waals surface area contributed by atoms with Crippen molar-refractivity contribution in [2.75, 3.05) is 13.2 Å². The molecular weight excluding hydrogens is 434 g/mol. The molecule has 0 aliphatic carbocycles. The van der Waals surface area contributed by atoms with E-state index in [1.807, 2.05) is 84.9 Å². The van der Waals surface area contributed by atoms with Crippen molar-refractivity contribution in [2.24, 2.45) is 0 Å². The zero-order valence-electron chi connectivity index (χ0n) is 20.5. The van der Waals surface area contributed by atoms with Gasteiger partial charge in [0.1, 0.15) is 18.1 Å². The first-order valence-corrected chi connectivity index (χ1v) is 11.9. The predicted molar refractivity (Wildman–Crippen MR) is 135 cm³/mol. The van der Waals surface area contributed by atoms with Crippen LogP contribution in [0.25, 0.3) is 6.08 Å². The van der Waals surface area contributed by atoms with E-state index < -0.39 is 0 Å². The lowest BCUT2D eigenvalue weighted by Gasteiger charge is -2.28. The Kier molecular flexibility index (Phi) is 6.99. The molecule has 1 N–H and O–H groups in total. The molecule has 1 fully saturated rings. The third-order valence-electron chi connectivity index (χ3n) is 5.52. The highest BCUT2D eigenvalue weighted by molar-refractivity contribution is 8.18. The van der Waals surface area contributed by atoms with Crippen molar-refractivity contribution in [3.63, 3.8) is 0 Å². The van der Waals surface area contributed by atoms with Crippen LogP contribution >= 0.6 is 11.8 Å². The number of rotatable bonds is 5. The molecule has 2 aromatic rings. The average molecular weight is 468 g/mol. The van der Waals surface area contributed by atoms with Gasteiger partial charge in [0.2, 0.25) is 0 Å². The zero-order chi connectivity index (χ0) is 24.6. The van der Waals surface area contributed by atoms with Gasteiger partial charge in [-0.1, -0.05) is 59.2 Å². The van der Waals surface area contributed by atoms with E-state index in [-0.39, 0.29) is 40.9 Å². The van der Waals surface area contributed by atoms with Crippen molar-refractivity contribution in [3.05, 3.63) is 63.6 Å². The second-order valence-corrected chi connectivity index (χ2v) is 11.5. The third-order valence-corrected chi connectivity index (χ3v) is 6.43. The summed E-state index contributed by atoms with van der Waals surface area (Å²) >= 11 is 0.936. The van der Waals surface area contributed by atoms with Gasteiger partial charge >= 0.3 is 0 Å². The molecule has 1 aliphatic heterocycles. The Morgan fingerprint density at radius 3 is 2.03 bits per heavy atom. The molecule has 0 unspecified atom stereocenters. The van der Waals surface area contributed by atoms with Crippen LogP contribution in [0.2, 0.25) is 0 Å². The van der Waals surface area contributed by atoms with E-state index in [4.69, 9.17) is 4.74 Å². The van der Waals surface area contributed by atoms with E-state index >= 15 is 0 Å². The molecule has 2 aromatic carbocycles. The number of imide groups is 1. The molecular formula is C27H33NO4S. The molecule has 0 radical (unpaired) electrons. The van der Waals surface area contributed by atoms with Gasteiger partial charge in [0.15, 0.2) is 0 Å². The van der Waals surface area contributed by atoms with Gasteiger partial charge in [-0.3, -0.25) is 14.5 Å². The Hall–Kier alpha value is -2.73. The molecule has 2 amide bonds. The molecule has 1 heterocycles. The monoisotopic (exact) mass is 467 g/mol. The maximum absolute atomic E-state index is 12.9. The van der Waals surface area contributed by atoms with E-state index in [9.17, 15) is 14.7 Å². The molecule has 3 rings (SSSR count). The summed E-state index contributed by atoms with van der Waals surface area (Å²) in [5, 5.41) is 10.6. The normalized spacial score (nSPS) is 16.1. The summed E-state index contributed by atoms with van der Waals surface area (Å²) in [5.74, 6) is 0.672. The van der Waals surface area contributed by atoms with Crippen molar-refractivity contribution in [1.82, 2.24) is 4.90 Å². The fourth-order valence-electron chi connectivity index (χ4n) is 3.62. The number of ether oxygens (including phenoxy) is 1. The van der Waals surface area contributed by atoms with E-state index in [0.717, 1.165) is 34.0 Å². The van der Waals surface area contributed by atoms with E-state index in [1.165, 1.54) is 4.90 Å². The van der Waals surface area contributed by atoms with Crippen LogP contribution in [0.15, 0.2) is 41.3 Å². The highest BCUT2D eigenvalue weighted by atomic mass is 32.2. The molecule has 1 saturated heterocycles. The van der Waals surface area contributed by atoms with Crippen LogP contribution in [-0.2, 0) is 15.6 Å². The summed E-state index contributed by atoms with van der Waals surface area (Å²) < 4.78 is 5.69. The molecule has 1 aliphatic rings. The highest BCUT2D eigenvalue weighted by Crippen LogP contribution is 2.41. The summed E-state index contributed by atoms with van der Waals surface area (Å²) in [6.07, 6.45) is 1.75. The number of carbonyl (C=O) groups is 2. The van der Waals surface area contributed by atoms with E-state index in [1.54, 1.807) is 6.08 Å². The number of nitrogens with zero attached hydrogens (tertiary/aromatic N) is 1. The fraction of sp³-hybridized carbons (Fsp3) is 0.407. The Morgan fingerprint density at radius 1 is 0.970 bits per heavy atom. The maximum Gasteiger partial charge on any atom is 0.293 e. The van der Waals surface area contributed by atoms with Crippen LogP contribution in [-0.4, -0.2) is 34.3 Å². The van der Waals surface area contributed by atoms with Gasteiger partial charge in [0, 0.05) is 11.1 Å². The number of carbonyl (C=O) groups excluding carboxylic acids is 2. The van der Waals surface area contributed by atoms with Crippen LogP contribution in [0.4, 0.5) is 4.79 Å².